The Balaban J connectivity index is 2.56. The zero-order valence-corrected chi connectivity index (χ0v) is 21.8. The molecule has 26 heavy (non-hydrogen) atoms. The first-order valence-electron chi connectivity index (χ1n) is 11.2. The number of unbranched alkanes of at least 4 members (excludes halogenated alkanes) is 8. The van der Waals surface area contributed by atoms with Crippen LogP contribution in [0, 0.1) is 11.7 Å². The van der Waals surface area contributed by atoms with Gasteiger partial charge < -0.3 is 0 Å². The summed E-state index contributed by atoms with van der Waals surface area (Å²) in [4.78, 5) is 8.23. The third-order valence-electron chi connectivity index (χ3n) is 5.40. The molecule has 1 atom stereocenters. The van der Waals surface area contributed by atoms with Gasteiger partial charge in [-0.05, 0) is 0 Å². The first-order valence-corrected chi connectivity index (χ1v) is 22.0. The number of halogens is 1. The fraction of sp³-hybridized carbons (Fsp3) is 0.826. The third kappa shape index (κ3) is 10.1. The van der Waals surface area contributed by atoms with E-state index in [4.69, 9.17) is 0 Å². The quantitative estimate of drug-likeness (QED) is 0.172. The van der Waals surface area contributed by atoms with Crippen LogP contribution in [0.2, 0.25) is 14.8 Å². The minimum absolute atomic E-state index is 0.0955. The van der Waals surface area contributed by atoms with Gasteiger partial charge in [-0.3, -0.25) is 0 Å². The molecule has 0 radical (unpaired) electrons. The molecule has 1 aromatic heterocycles. The van der Waals surface area contributed by atoms with E-state index in [2.05, 4.69) is 28.7 Å². The van der Waals surface area contributed by atoms with Crippen LogP contribution < -0.4 is 2.89 Å². The second-order valence-electron chi connectivity index (χ2n) is 9.11. The summed E-state index contributed by atoms with van der Waals surface area (Å²) in [6, 6.07) is 1.88. The molecule has 0 N–H and O–H groups in total. The molecule has 1 rings (SSSR count). The average molecular weight is 489 g/mol. The van der Waals surface area contributed by atoms with E-state index < -0.39 is 18.4 Å². The summed E-state index contributed by atoms with van der Waals surface area (Å²) in [6.07, 6.45) is 17.1. The second-order valence-corrected chi connectivity index (χ2v) is 25.7. The van der Waals surface area contributed by atoms with Crippen molar-refractivity contribution in [2.75, 3.05) is 0 Å². The van der Waals surface area contributed by atoms with Crippen LogP contribution in [-0.2, 0) is 6.42 Å². The maximum absolute atomic E-state index is 14.5. The van der Waals surface area contributed by atoms with Gasteiger partial charge in [0.15, 0.2) is 0 Å². The van der Waals surface area contributed by atoms with Crippen LogP contribution in [-0.4, -0.2) is 18.4 Å². The molecule has 0 bridgehead atoms. The Morgan fingerprint density at radius 2 is 1.35 bits per heavy atom. The van der Waals surface area contributed by atoms with Gasteiger partial charge in [-0.2, -0.15) is 0 Å². The number of rotatable bonds is 15. The predicted octanol–water partition coefficient (Wildman–Crippen LogP) is 8.31. The summed E-state index contributed by atoms with van der Waals surface area (Å²) < 4.78 is 15.9. The molecule has 1 heterocycles. The standard InChI is InChI=1S/C20H34FS.3CH3.Sn/c1-3-5-7-9-10-12-14-18(13-11-8-6-4-2)17-20-19(21)15-16-22-20;;;;/h15,18H,3-14,17H2,1-2H3;3*1H3;. The van der Waals surface area contributed by atoms with Crippen molar-refractivity contribution in [3.63, 3.8) is 0 Å². The Bertz CT molecular complexity index is 475. The van der Waals surface area contributed by atoms with Crippen LogP contribution in [0.5, 0.6) is 0 Å². The van der Waals surface area contributed by atoms with Crippen molar-refractivity contribution in [2.24, 2.45) is 5.92 Å². The van der Waals surface area contributed by atoms with E-state index in [1.54, 1.807) is 0 Å². The van der Waals surface area contributed by atoms with Crippen molar-refractivity contribution in [1.82, 2.24) is 0 Å². The van der Waals surface area contributed by atoms with E-state index >= 15 is 0 Å². The van der Waals surface area contributed by atoms with Crippen molar-refractivity contribution in [1.29, 1.82) is 0 Å². The van der Waals surface area contributed by atoms with Gasteiger partial charge in [0.05, 0.1) is 0 Å². The Labute approximate surface area is 171 Å². The van der Waals surface area contributed by atoms with Crippen LogP contribution in [0.4, 0.5) is 4.39 Å². The van der Waals surface area contributed by atoms with E-state index in [1.807, 2.05) is 17.4 Å². The van der Waals surface area contributed by atoms with Crippen molar-refractivity contribution >= 4 is 32.6 Å². The van der Waals surface area contributed by atoms with Crippen LogP contribution >= 0.6 is 11.3 Å². The molecule has 0 spiro atoms. The van der Waals surface area contributed by atoms with Crippen LogP contribution in [0.25, 0.3) is 0 Å². The fourth-order valence-corrected chi connectivity index (χ4v) is 10.1. The van der Waals surface area contributed by atoms with E-state index in [0.29, 0.717) is 5.92 Å². The SMILES string of the molecule is CCCCCCCCC(CCCCCC)Cc1s[c]([Sn]([CH3])([CH3])[CH3])cc1F. The molecule has 152 valence electrons. The van der Waals surface area contributed by atoms with E-state index in [1.165, 1.54) is 79.9 Å². The van der Waals surface area contributed by atoms with Crippen molar-refractivity contribution < 1.29 is 4.39 Å². The first kappa shape index (κ1) is 24.5. The molecule has 3 heteroatoms. The molecule has 0 aromatic carbocycles. The molecule has 1 unspecified atom stereocenters. The van der Waals surface area contributed by atoms with Gasteiger partial charge in [-0.15, -0.1) is 0 Å². The van der Waals surface area contributed by atoms with Gasteiger partial charge in [-0.25, -0.2) is 0 Å². The molecule has 0 fully saturated rings. The average Bonchev–Trinajstić information content (AvgIpc) is 2.95. The van der Waals surface area contributed by atoms with Crippen LogP contribution in [0.3, 0.4) is 0 Å². The third-order valence-corrected chi connectivity index (χ3v) is 16.0. The summed E-state index contributed by atoms with van der Waals surface area (Å²) in [5.74, 6) is 0.785. The summed E-state index contributed by atoms with van der Waals surface area (Å²) >= 11 is -0.333. The molecule has 0 aliphatic carbocycles. The molecular formula is C23H43FSSn. The van der Waals surface area contributed by atoms with Gasteiger partial charge in [0.1, 0.15) is 0 Å². The summed E-state index contributed by atoms with van der Waals surface area (Å²) in [7, 11) is 0. The second kappa shape index (κ2) is 13.6. The molecule has 0 saturated heterocycles. The zero-order valence-electron chi connectivity index (χ0n) is 18.1. The molecule has 0 nitrogen and oxygen atoms in total. The summed E-state index contributed by atoms with van der Waals surface area (Å²) in [5, 5.41) is 0. The van der Waals surface area contributed by atoms with E-state index in [0.717, 1.165) is 11.3 Å². The molecular weight excluding hydrogens is 446 g/mol. The van der Waals surface area contributed by atoms with Gasteiger partial charge in [-0.1, -0.05) is 6.92 Å². The maximum atomic E-state index is 14.5. The topological polar surface area (TPSA) is 0 Å². The summed E-state index contributed by atoms with van der Waals surface area (Å²) in [5.41, 5.74) is 0. The number of hydrogen-bond acceptors (Lipinski definition) is 1. The Kier molecular flexibility index (Phi) is 12.8. The van der Waals surface area contributed by atoms with Gasteiger partial charge in [0, 0.05) is 0 Å². The number of hydrogen-bond donors (Lipinski definition) is 0. The van der Waals surface area contributed by atoms with Crippen LogP contribution in [0.15, 0.2) is 6.07 Å². The van der Waals surface area contributed by atoms with Crippen molar-refractivity contribution in [3.05, 3.63) is 16.8 Å². The van der Waals surface area contributed by atoms with Gasteiger partial charge in [0.25, 0.3) is 0 Å². The van der Waals surface area contributed by atoms with E-state index in [-0.39, 0.29) is 5.82 Å². The Morgan fingerprint density at radius 3 is 1.85 bits per heavy atom. The number of thiophene rings is 1. The van der Waals surface area contributed by atoms with Gasteiger partial charge in [0.2, 0.25) is 0 Å². The molecule has 0 aliphatic rings. The van der Waals surface area contributed by atoms with Gasteiger partial charge >= 0.3 is 165 Å². The molecule has 1 aromatic rings. The summed E-state index contributed by atoms with van der Waals surface area (Å²) in [6.45, 7) is 4.55. The van der Waals surface area contributed by atoms with E-state index in [9.17, 15) is 4.39 Å². The fourth-order valence-electron chi connectivity index (χ4n) is 3.60. The monoisotopic (exact) mass is 490 g/mol. The molecule has 0 saturated carbocycles. The zero-order chi connectivity index (χ0) is 19.4. The minimum atomic E-state index is -2.14. The normalized spacial score (nSPS) is 13.3. The molecule has 0 aliphatic heterocycles. The Morgan fingerprint density at radius 1 is 0.846 bits per heavy atom. The predicted molar refractivity (Wildman–Crippen MR) is 121 cm³/mol. The first-order chi connectivity index (χ1) is 12.4. The van der Waals surface area contributed by atoms with Crippen molar-refractivity contribution in [2.45, 2.75) is 112 Å². The molecule has 0 amide bonds. The van der Waals surface area contributed by atoms with Crippen molar-refractivity contribution in [3.8, 4) is 0 Å². The van der Waals surface area contributed by atoms with Crippen LogP contribution in [0.1, 0.15) is 95.8 Å². The Hall–Kier alpha value is 0.429.